The van der Waals surface area contributed by atoms with Crippen molar-refractivity contribution in [2.24, 2.45) is 16.1 Å². The Morgan fingerprint density at radius 1 is 1.33 bits per heavy atom. The molecule has 4 aromatic rings. The number of azo groups is 1. The molecule has 0 aliphatic heterocycles. The van der Waals surface area contributed by atoms with Crippen molar-refractivity contribution >= 4 is 49.5 Å². The van der Waals surface area contributed by atoms with E-state index in [1.165, 1.54) is 0 Å². The lowest BCUT2D eigenvalue weighted by molar-refractivity contribution is -0.121. The van der Waals surface area contributed by atoms with Crippen LogP contribution in [0.4, 0.5) is 5.69 Å². The van der Waals surface area contributed by atoms with Crippen molar-refractivity contribution in [3.8, 4) is 5.88 Å². The Labute approximate surface area is 162 Å². The molecule has 0 aliphatic rings. The number of carbonyl (C=O) groups is 1. The van der Waals surface area contributed by atoms with Gasteiger partial charge in [-0.1, -0.05) is 35.0 Å². The lowest BCUT2D eigenvalue weighted by atomic mass is 10.1. The fourth-order valence-electron chi connectivity index (χ4n) is 2.96. The molecular formula is C19H16BrN5O2. The van der Waals surface area contributed by atoms with E-state index in [1.54, 1.807) is 13.3 Å². The number of benzene rings is 2. The highest BCUT2D eigenvalue weighted by molar-refractivity contribution is 9.10. The van der Waals surface area contributed by atoms with Gasteiger partial charge in [0.05, 0.1) is 28.8 Å². The number of halogens is 1. The molecule has 2 aromatic heterocycles. The minimum atomic E-state index is -0.384. The van der Waals surface area contributed by atoms with Crippen molar-refractivity contribution in [3.63, 3.8) is 0 Å². The number of aromatic amines is 1. The summed E-state index contributed by atoms with van der Waals surface area (Å²) in [4.78, 5) is 19.6. The van der Waals surface area contributed by atoms with Gasteiger partial charge in [0, 0.05) is 16.4 Å². The maximum Gasteiger partial charge on any atom is 0.269 e. The van der Waals surface area contributed by atoms with Gasteiger partial charge in [-0.3, -0.25) is 4.79 Å². The predicted molar refractivity (Wildman–Crippen MR) is 106 cm³/mol. The van der Waals surface area contributed by atoms with E-state index in [-0.39, 0.29) is 23.4 Å². The highest BCUT2D eigenvalue weighted by Gasteiger charge is 2.16. The molecule has 1 atom stereocenters. The topological polar surface area (TPSA) is 95.6 Å². The van der Waals surface area contributed by atoms with Crippen molar-refractivity contribution in [2.75, 3.05) is 0 Å². The van der Waals surface area contributed by atoms with E-state index >= 15 is 0 Å². The molecule has 1 amide bonds. The van der Waals surface area contributed by atoms with Gasteiger partial charge in [-0.25, -0.2) is 4.98 Å². The Morgan fingerprint density at radius 3 is 3.00 bits per heavy atom. The summed E-state index contributed by atoms with van der Waals surface area (Å²) in [6, 6.07) is 13.2. The molecule has 0 bridgehead atoms. The number of aromatic hydroxyl groups is 1. The summed E-state index contributed by atoms with van der Waals surface area (Å²) < 4.78 is 2.77. The van der Waals surface area contributed by atoms with Crippen LogP contribution in [-0.4, -0.2) is 25.5 Å². The number of carbonyl (C=O) groups excluding carboxylic acids is 1. The number of para-hydroxylation sites is 2. The van der Waals surface area contributed by atoms with E-state index < -0.39 is 0 Å². The van der Waals surface area contributed by atoms with E-state index in [0.29, 0.717) is 11.9 Å². The molecule has 0 radical (unpaired) electrons. The number of aromatic nitrogens is 3. The van der Waals surface area contributed by atoms with Crippen LogP contribution in [0.3, 0.4) is 0 Å². The van der Waals surface area contributed by atoms with Crippen molar-refractivity contribution < 1.29 is 9.90 Å². The van der Waals surface area contributed by atoms with Crippen LogP contribution in [0.1, 0.15) is 6.92 Å². The van der Waals surface area contributed by atoms with E-state index in [0.717, 1.165) is 21.0 Å². The van der Waals surface area contributed by atoms with Crippen LogP contribution in [-0.2, 0) is 11.3 Å². The molecule has 0 saturated heterocycles. The number of hydrogen-bond donors (Lipinski definition) is 2. The Kier molecular flexibility index (Phi) is 4.49. The molecule has 0 fully saturated rings. The molecular weight excluding hydrogens is 410 g/mol. The van der Waals surface area contributed by atoms with Gasteiger partial charge in [-0.15, -0.1) is 10.2 Å². The molecule has 7 nitrogen and oxygen atoms in total. The standard InChI is InChI=1S/C19H16BrN5O2/c1-11(9-25-10-21-15-4-2-3-5-16(15)25)18(26)24-23-17-13-8-12(20)6-7-14(13)22-19(17)27/h2-8,10-11,22,27H,9H2,1H3/t11-/m1/s1. The second-order valence-corrected chi connectivity index (χ2v) is 7.25. The zero-order chi connectivity index (χ0) is 19.0. The lowest BCUT2D eigenvalue weighted by Crippen LogP contribution is -2.14. The van der Waals surface area contributed by atoms with Crippen molar-refractivity contribution in [1.82, 2.24) is 14.5 Å². The Hall–Kier alpha value is -3.00. The highest BCUT2D eigenvalue weighted by atomic mass is 79.9. The third-order valence-corrected chi connectivity index (χ3v) is 4.88. The van der Waals surface area contributed by atoms with Crippen LogP contribution in [0, 0.1) is 5.92 Å². The molecule has 27 heavy (non-hydrogen) atoms. The van der Waals surface area contributed by atoms with Crippen LogP contribution in [0.5, 0.6) is 5.88 Å². The van der Waals surface area contributed by atoms with Crippen LogP contribution >= 0.6 is 15.9 Å². The summed E-state index contributed by atoms with van der Waals surface area (Å²) in [5.41, 5.74) is 2.82. The monoisotopic (exact) mass is 425 g/mol. The fourth-order valence-corrected chi connectivity index (χ4v) is 3.32. The average Bonchev–Trinajstić information content (AvgIpc) is 3.20. The zero-order valence-corrected chi connectivity index (χ0v) is 16.0. The summed E-state index contributed by atoms with van der Waals surface area (Å²) in [5, 5.41) is 18.6. The first-order valence-corrected chi connectivity index (χ1v) is 9.18. The van der Waals surface area contributed by atoms with Gasteiger partial charge in [0.2, 0.25) is 5.88 Å². The maximum absolute atomic E-state index is 12.4. The quantitative estimate of drug-likeness (QED) is 0.453. The molecule has 2 aromatic carbocycles. The number of nitrogens with zero attached hydrogens (tertiary/aromatic N) is 4. The van der Waals surface area contributed by atoms with Crippen molar-refractivity contribution in [3.05, 3.63) is 53.3 Å². The van der Waals surface area contributed by atoms with Crippen LogP contribution in [0.2, 0.25) is 0 Å². The third-order valence-electron chi connectivity index (χ3n) is 4.38. The lowest BCUT2D eigenvalue weighted by Gasteiger charge is -2.08. The summed E-state index contributed by atoms with van der Waals surface area (Å²) in [6.45, 7) is 2.24. The highest BCUT2D eigenvalue weighted by Crippen LogP contribution is 2.36. The first-order valence-electron chi connectivity index (χ1n) is 8.38. The van der Waals surface area contributed by atoms with E-state index in [9.17, 15) is 9.90 Å². The summed E-state index contributed by atoms with van der Waals surface area (Å²) in [5.74, 6) is -0.866. The Morgan fingerprint density at radius 2 is 2.15 bits per heavy atom. The van der Waals surface area contributed by atoms with E-state index in [4.69, 9.17) is 0 Å². The molecule has 0 aliphatic carbocycles. The van der Waals surface area contributed by atoms with Gasteiger partial charge in [0.15, 0.2) is 5.69 Å². The van der Waals surface area contributed by atoms with Crippen LogP contribution in [0.25, 0.3) is 21.9 Å². The number of H-pyrrole nitrogens is 1. The Bertz CT molecular complexity index is 1180. The number of amides is 1. The number of imidazole rings is 1. The molecule has 2 N–H and O–H groups in total. The molecule has 0 unspecified atom stereocenters. The number of hydrogen-bond acceptors (Lipinski definition) is 4. The number of nitrogens with one attached hydrogen (secondary N) is 1. The predicted octanol–water partition coefficient (Wildman–Crippen LogP) is 4.93. The zero-order valence-electron chi connectivity index (χ0n) is 14.4. The molecule has 8 heteroatoms. The minimum absolute atomic E-state index is 0.118. The van der Waals surface area contributed by atoms with E-state index in [1.807, 2.05) is 47.0 Å². The summed E-state index contributed by atoms with van der Waals surface area (Å²) in [7, 11) is 0. The molecule has 136 valence electrons. The Balaban J connectivity index is 1.55. The van der Waals surface area contributed by atoms with E-state index in [2.05, 4.69) is 36.1 Å². The second-order valence-electron chi connectivity index (χ2n) is 6.34. The molecule has 0 spiro atoms. The van der Waals surface area contributed by atoms with Crippen LogP contribution in [0.15, 0.2) is 63.5 Å². The van der Waals surface area contributed by atoms with Gasteiger partial charge in [0.25, 0.3) is 5.91 Å². The van der Waals surface area contributed by atoms with Gasteiger partial charge >= 0.3 is 0 Å². The summed E-state index contributed by atoms with van der Waals surface area (Å²) in [6.07, 6.45) is 1.72. The first kappa shape index (κ1) is 17.4. The third kappa shape index (κ3) is 3.35. The second kappa shape index (κ2) is 6.96. The SMILES string of the molecule is C[C@H](Cn1cnc2ccccc21)C(=O)N=Nc1c(O)[nH]c2ccc(Br)cc12. The van der Waals surface area contributed by atoms with Gasteiger partial charge in [-0.2, -0.15) is 0 Å². The largest absolute Gasteiger partial charge is 0.493 e. The summed E-state index contributed by atoms with van der Waals surface area (Å²) >= 11 is 3.39. The van der Waals surface area contributed by atoms with Gasteiger partial charge < -0.3 is 14.7 Å². The van der Waals surface area contributed by atoms with Crippen LogP contribution < -0.4 is 0 Å². The number of fused-ring (bicyclic) bond motifs is 2. The minimum Gasteiger partial charge on any atom is -0.493 e. The normalized spacial score (nSPS) is 13.0. The smallest absolute Gasteiger partial charge is 0.269 e. The number of rotatable bonds is 4. The molecule has 2 heterocycles. The maximum atomic E-state index is 12.4. The average molecular weight is 426 g/mol. The van der Waals surface area contributed by atoms with Gasteiger partial charge in [0.1, 0.15) is 0 Å². The molecule has 4 rings (SSSR count). The molecule has 0 saturated carbocycles. The van der Waals surface area contributed by atoms with Crippen molar-refractivity contribution in [2.45, 2.75) is 13.5 Å². The van der Waals surface area contributed by atoms with Crippen molar-refractivity contribution in [1.29, 1.82) is 0 Å². The van der Waals surface area contributed by atoms with Gasteiger partial charge in [-0.05, 0) is 30.3 Å². The fraction of sp³-hybridized carbons (Fsp3) is 0.158. The first-order chi connectivity index (χ1) is 13.0.